The van der Waals surface area contributed by atoms with E-state index in [1.165, 1.54) is 26.2 Å². The first-order valence-electron chi connectivity index (χ1n) is 5.36. The molecule has 0 heterocycles. The lowest BCUT2D eigenvalue weighted by molar-refractivity contribution is -0.0329. The normalized spacial score (nSPS) is 11.2. The van der Waals surface area contributed by atoms with Gasteiger partial charge >= 0.3 is 5.51 Å². The average molecular weight is 294 g/mol. The molecule has 1 rings (SSSR count). The van der Waals surface area contributed by atoms with Crippen LogP contribution >= 0.6 is 11.8 Å². The fraction of sp³-hybridized carbons (Fsp3) is 0.417. The van der Waals surface area contributed by atoms with Crippen molar-refractivity contribution in [3.05, 3.63) is 23.8 Å². The van der Waals surface area contributed by atoms with Gasteiger partial charge in [0.2, 0.25) is 0 Å². The molecule has 0 unspecified atom stereocenters. The molecule has 1 aromatic carbocycles. The van der Waals surface area contributed by atoms with Gasteiger partial charge in [-0.3, -0.25) is 4.79 Å². The molecule has 0 saturated carbocycles. The maximum Gasteiger partial charge on any atom is 0.441 e. The second kappa shape index (κ2) is 6.70. The fourth-order valence-electron chi connectivity index (χ4n) is 1.35. The van der Waals surface area contributed by atoms with E-state index in [-0.39, 0.29) is 35.7 Å². The zero-order valence-electron chi connectivity index (χ0n) is 10.4. The second-order valence-corrected chi connectivity index (χ2v) is 4.72. The van der Waals surface area contributed by atoms with E-state index in [0.717, 1.165) is 0 Å². The van der Waals surface area contributed by atoms with Crippen molar-refractivity contribution in [3.8, 4) is 11.5 Å². The molecule has 0 radical (unpaired) electrons. The van der Waals surface area contributed by atoms with Crippen LogP contribution in [0.1, 0.15) is 17.3 Å². The summed E-state index contributed by atoms with van der Waals surface area (Å²) in [6.45, 7) is 1.22. The minimum absolute atomic E-state index is 0.141. The molecular weight excluding hydrogens is 281 g/mol. The lowest BCUT2D eigenvalue weighted by Gasteiger charge is -2.11. The number of alkyl halides is 3. The minimum atomic E-state index is -4.28. The van der Waals surface area contributed by atoms with Crippen LogP contribution in [0.2, 0.25) is 0 Å². The van der Waals surface area contributed by atoms with E-state index in [1.807, 2.05) is 0 Å². The average Bonchev–Trinajstić information content (AvgIpc) is 2.33. The molecule has 0 aliphatic rings. The van der Waals surface area contributed by atoms with Gasteiger partial charge in [-0.25, -0.2) is 0 Å². The van der Waals surface area contributed by atoms with E-state index < -0.39 is 5.51 Å². The number of benzene rings is 1. The standard InChI is InChI=1S/C12H13F3O3S/c1-8(16)10-4-3-9(17-2)7-11(10)18-5-6-19-12(13,14)15/h3-4,7H,5-6H2,1-2H3. The number of methoxy groups -OCH3 is 1. The SMILES string of the molecule is COc1ccc(C(C)=O)c(OCCSC(F)(F)F)c1. The Morgan fingerprint density at radius 2 is 2.05 bits per heavy atom. The number of ether oxygens (including phenoxy) is 2. The summed E-state index contributed by atoms with van der Waals surface area (Å²) < 4.78 is 46.0. The molecule has 0 fully saturated rings. The zero-order chi connectivity index (χ0) is 14.5. The summed E-state index contributed by atoms with van der Waals surface area (Å²) in [5.41, 5.74) is -3.96. The lowest BCUT2D eigenvalue weighted by Crippen LogP contribution is -2.09. The fourth-order valence-corrected chi connectivity index (χ4v) is 1.75. The van der Waals surface area contributed by atoms with Crippen LogP contribution in [0.25, 0.3) is 0 Å². The van der Waals surface area contributed by atoms with Crippen LogP contribution < -0.4 is 9.47 Å². The monoisotopic (exact) mass is 294 g/mol. The number of hydrogen-bond acceptors (Lipinski definition) is 4. The minimum Gasteiger partial charge on any atom is -0.497 e. The molecule has 0 spiro atoms. The Bertz CT molecular complexity index is 446. The maximum atomic E-state index is 11.9. The summed E-state index contributed by atoms with van der Waals surface area (Å²) in [6, 6.07) is 4.59. The van der Waals surface area contributed by atoms with Crippen molar-refractivity contribution in [2.75, 3.05) is 19.5 Å². The van der Waals surface area contributed by atoms with Crippen LogP contribution in [0.5, 0.6) is 11.5 Å². The Hall–Kier alpha value is -1.37. The van der Waals surface area contributed by atoms with Gasteiger partial charge in [0.05, 0.1) is 19.3 Å². The Kier molecular flexibility index (Phi) is 5.53. The highest BCUT2D eigenvalue weighted by molar-refractivity contribution is 8.00. The van der Waals surface area contributed by atoms with E-state index >= 15 is 0 Å². The molecule has 0 atom stereocenters. The number of thioether (sulfide) groups is 1. The predicted octanol–water partition coefficient (Wildman–Crippen LogP) is 3.53. The number of hydrogen-bond donors (Lipinski definition) is 0. The molecule has 0 aliphatic heterocycles. The van der Waals surface area contributed by atoms with E-state index in [1.54, 1.807) is 6.07 Å². The Labute approximate surface area is 113 Å². The first-order chi connectivity index (χ1) is 8.83. The summed E-state index contributed by atoms with van der Waals surface area (Å²) in [6.07, 6.45) is 0. The van der Waals surface area contributed by atoms with Gasteiger partial charge in [-0.1, -0.05) is 0 Å². The number of rotatable bonds is 6. The third kappa shape index (κ3) is 5.42. The van der Waals surface area contributed by atoms with Gasteiger partial charge in [-0.15, -0.1) is 0 Å². The summed E-state index contributed by atoms with van der Waals surface area (Å²) in [5.74, 6) is 0.247. The predicted molar refractivity (Wildman–Crippen MR) is 67.0 cm³/mol. The van der Waals surface area contributed by atoms with Crippen LogP contribution in [-0.2, 0) is 0 Å². The quantitative estimate of drug-likeness (QED) is 0.594. The summed E-state index contributed by atoms with van der Waals surface area (Å²) in [5, 5.41) is 0. The highest BCUT2D eigenvalue weighted by Gasteiger charge is 2.27. The Morgan fingerprint density at radius 3 is 2.58 bits per heavy atom. The Balaban J connectivity index is 2.67. The summed E-state index contributed by atoms with van der Waals surface area (Å²) in [4.78, 5) is 11.4. The smallest absolute Gasteiger partial charge is 0.441 e. The molecule has 3 nitrogen and oxygen atoms in total. The van der Waals surface area contributed by atoms with E-state index in [4.69, 9.17) is 9.47 Å². The summed E-state index contributed by atoms with van der Waals surface area (Å²) in [7, 11) is 1.45. The molecule has 0 bridgehead atoms. The number of Topliss-reactive ketones (excluding diaryl/α,β-unsaturated/α-hetero) is 1. The van der Waals surface area contributed by atoms with Crippen molar-refractivity contribution >= 4 is 17.5 Å². The van der Waals surface area contributed by atoms with Gasteiger partial charge in [0.1, 0.15) is 11.5 Å². The lowest BCUT2D eigenvalue weighted by atomic mass is 10.1. The van der Waals surface area contributed by atoms with E-state index in [2.05, 4.69) is 0 Å². The van der Waals surface area contributed by atoms with Crippen molar-refractivity contribution in [3.63, 3.8) is 0 Å². The molecule has 19 heavy (non-hydrogen) atoms. The van der Waals surface area contributed by atoms with E-state index in [0.29, 0.717) is 11.3 Å². The second-order valence-electron chi connectivity index (χ2n) is 3.56. The Morgan fingerprint density at radius 1 is 1.37 bits per heavy atom. The molecule has 1 aromatic rings. The van der Waals surface area contributed by atoms with Crippen LogP contribution in [0, 0.1) is 0 Å². The van der Waals surface area contributed by atoms with Crippen molar-refractivity contribution in [2.24, 2.45) is 0 Å². The molecule has 0 saturated heterocycles. The van der Waals surface area contributed by atoms with Crippen molar-refractivity contribution in [2.45, 2.75) is 12.4 Å². The largest absolute Gasteiger partial charge is 0.497 e. The highest BCUT2D eigenvalue weighted by Crippen LogP contribution is 2.30. The first kappa shape index (κ1) is 15.7. The molecule has 106 valence electrons. The van der Waals surface area contributed by atoms with Gasteiger partial charge in [-0.2, -0.15) is 13.2 Å². The van der Waals surface area contributed by atoms with E-state index in [9.17, 15) is 18.0 Å². The van der Waals surface area contributed by atoms with Crippen LogP contribution in [0.3, 0.4) is 0 Å². The topological polar surface area (TPSA) is 35.5 Å². The first-order valence-corrected chi connectivity index (χ1v) is 6.34. The molecule has 0 aromatic heterocycles. The summed E-state index contributed by atoms with van der Waals surface area (Å²) >= 11 is -0.164. The van der Waals surface area contributed by atoms with Gasteiger partial charge in [0, 0.05) is 11.8 Å². The zero-order valence-corrected chi connectivity index (χ0v) is 11.2. The van der Waals surface area contributed by atoms with Gasteiger partial charge in [0.25, 0.3) is 0 Å². The third-order valence-corrected chi connectivity index (χ3v) is 2.87. The van der Waals surface area contributed by atoms with Crippen LogP contribution in [0.4, 0.5) is 13.2 Å². The molecule has 0 N–H and O–H groups in total. The van der Waals surface area contributed by atoms with Gasteiger partial charge < -0.3 is 9.47 Å². The van der Waals surface area contributed by atoms with Crippen LogP contribution in [-0.4, -0.2) is 30.8 Å². The number of carbonyl (C=O) groups excluding carboxylic acids is 1. The molecule has 0 amide bonds. The molecular formula is C12H13F3O3S. The third-order valence-electron chi connectivity index (χ3n) is 2.17. The molecule has 7 heteroatoms. The number of ketones is 1. The highest BCUT2D eigenvalue weighted by atomic mass is 32.2. The van der Waals surface area contributed by atoms with Crippen molar-refractivity contribution in [1.29, 1.82) is 0 Å². The van der Waals surface area contributed by atoms with Crippen molar-refractivity contribution < 1.29 is 27.4 Å². The van der Waals surface area contributed by atoms with Crippen LogP contribution in [0.15, 0.2) is 18.2 Å². The van der Waals surface area contributed by atoms with Crippen molar-refractivity contribution in [1.82, 2.24) is 0 Å². The maximum absolute atomic E-state index is 11.9. The number of carbonyl (C=O) groups is 1. The van der Waals surface area contributed by atoms with Gasteiger partial charge in [-0.05, 0) is 30.8 Å². The molecule has 0 aliphatic carbocycles. The van der Waals surface area contributed by atoms with Gasteiger partial charge in [0.15, 0.2) is 5.78 Å². The number of halogens is 3.